The zero-order chi connectivity index (χ0) is 13.4. The molecule has 1 aromatic rings. The van der Waals surface area contributed by atoms with Crippen LogP contribution in [0.4, 0.5) is 0 Å². The largest absolute Gasteiger partial charge is 0.394 e. The molecule has 1 N–H and O–H groups in total. The summed E-state index contributed by atoms with van der Waals surface area (Å²) in [4.78, 5) is 2.32. The lowest BCUT2D eigenvalue weighted by Crippen LogP contribution is -2.33. The highest BCUT2D eigenvalue weighted by atomic mass is 35.5. The topological polar surface area (TPSA) is 32.7 Å². The second kappa shape index (κ2) is 8.48. The summed E-state index contributed by atoms with van der Waals surface area (Å²) in [6.07, 6.45) is 0. The predicted molar refractivity (Wildman–Crippen MR) is 74.9 cm³/mol. The van der Waals surface area contributed by atoms with Gasteiger partial charge >= 0.3 is 0 Å². The zero-order valence-electron chi connectivity index (χ0n) is 11.1. The second-order valence-electron chi connectivity index (χ2n) is 4.53. The van der Waals surface area contributed by atoms with Gasteiger partial charge < -0.3 is 9.84 Å². The van der Waals surface area contributed by atoms with Gasteiger partial charge in [0.15, 0.2) is 0 Å². The third kappa shape index (κ3) is 5.83. The molecule has 0 aromatic heterocycles. The molecule has 0 spiro atoms. The van der Waals surface area contributed by atoms with E-state index in [1.165, 1.54) is 5.56 Å². The lowest BCUT2D eigenvalue weighted by Gasteiger charge is -2.26. The Balaban J connectivity index is 2.47. The van der Waals surface area contributed by atoms with Crippen LogP contribution in [0.5, 0.6) is 0 Å². The van der Waals surface area contributed by atoms with Crippen molar-refractivity contribution in [3.8, 4) is 0 Å². The first-order chi connectivity index (χ1) is 8.63. The van der Waals surface area contributed by atoms with Crippen LogP contribution in [0.15, 0.2) is 24.3 Å². The Kier molecular flexibility index (Phi) is 7.28. The number of ether oxygens (including phenoxy) is 1. The van der Waals surface area contributed by atoms with Gasteiger partial charge in [-0.05, 0) is 31.5 Å². The fraction of sp³-hybridized carbons (Fsp3) is 0.571. The summed E-state index contributed by atoms with van der Waals surface area (Å²) in [5.41, 5.74) is 1.21. The SMILES string of the molecule is CC(C)N(CCOCCO)Cc1cccc(Cl)c1. The quantitative estimate of drug-likeness (QED) is 0.738. The molecule has 0 atom stereocenters. The van der Waals surface area contributed by atoms with E-state index < -0.39 is 0 Å². The standard InChI is InChI=1S/C14H22ClNO2/c1-12(2)16(6-8-18-9-7-17)11-13-4-3-5-14(15)10-13/h3-5,10,12,17H,6-9,11H2,1-2H3. The highest BCUT2D eigenvalue weighted by Crippen LogP contribution is 2.13. The molecule has 0 heterocycles. The van der Waals surface area contributed by atoms with Crippen LogP contribution < -0.4 is 0 Å². The highest BCUT2D eigenvalue weighted by Gasteiger charge is 2.10. The molecule has 1 rings (SSSR count). The van der Waals surface area contributed by atoms with E-state index in [1.807, 2.05) is 18.2 Å². The van der Waals surface area contributed by atoms with Crippen molar-refractivity contribution in [2.75, 3.05) is 26.4 Å². The van der Waals surface area contributed by atoms with Crippen molar-refractivity contribution >= 4 is 11.6 Å². The first kappa shape index (κ1) is 15.4. The number of nitrogens with zero attached hydrogens (tertiary/aromatic N) is 1. The van der Waals surface area contributed by atoms with Crippen molar-refractivity contribution in [3.05, 3.63) is 34.9 Å². The number of benzene rings is 1. The molecule has 0 saturated heterocycles. The average Bonchev–Trinajstić information content (AvgIpc) is 2.33. The number of hydrogen-bond donors (Lipinski definition) is 1. The van der Waals surface area contributed by atoms with Crippen molar-refractivity contribution in [1.29, 1.82) is 0 Å². The van der Waals surface area contributed by atoms with Crippen molar-refractivity contribution in [3.63, 3.8) is 0 Å². The van der Waals surface area contributed by atoms with Gasteiger partial charge in [-0.2, -0.15) is 0 Å². The maximum atomic E-state index is 8.65. The molecule has 3 nitrogen and oxygen atoms in total. The van der Waals surface area contributed by atoms with E-state index in [4.69, 9.17) is 21.4 Å². The highest BCUT2D eigenvalue weighted by molar-refractivity contribution is 6.30. The molecular weight excluding hydrogens is 250 g/mol. The minimum Gasteiger partial charge on any atom is -0.394 e. The molecule has 0 saturated carbocycles. The third-order valence-electron chi connectivity index (χ3n) is 2.76. The normalized spacial score (nSPS) is 11.4. The maximum absolute atomic E-state index is 8.65. The van der Waals surface area contributed by atoms with Crippen LogP contribution in [0.25, 0.3) is 0 Å². The van der Waals surface area contributed by atoms with Crippen LogP contribution in [-0.2, 0) is 11.3 Å². The first-order valence-corrected chi connectivity index (χ1v) is 6.68. The van der Waals surface area contributed by atoms with Gasteiger partial charge in [-0.1, -0.05) is 23.7 Å². The Hall–Kier alpha value is -0.610. The van der Waals surface area contributed by atoms with Gasteiger partial charge in [0, 0.05) is 24.2 Å². The van der Waals surface area contributed by atoms with Crippen LogP contribution in [0.1, 0.15) is 19.4 Å². The van der Waals surface area contributed by atoms with Crippen LogP contribution >= 0.6 is 11.6 Å². The molecule has 0 aliphatic heterocycles. The summed E-state index contributed by atoms with van der Waals surface area (Å²) in [6, 6.07) is 8.37. The molecule has 0 unspecified atom stereocenters. The molecular formula is C14H22ClNO2. The molecule has 4 heteroatoms. The lowest BCUT2D eigenvalue weighted by atomic mass is 10.2. The van der Waals surface area contributed by atoms with Crippen molar-refractivity contribution in [2.45, 2.75) is 26.4 Å². The van der Waals surface area contributed by atoms with Crippen molar-refractivity contribution < 1.29 is 9.84 Å². The number of hydrogen-bond acceptors (Lipinski definition) is 3. The fourth-order valence-corrected chi connectivity index (χ4v) is 1.95. The molecule has 0 amide bonds. The predicted octanol–water partition coefficient (Wildman–Crippen LogP) is 2.56. The van der Waals surface area contributed by atoms with Gasteiger partial charge in [-0.15, -0.1) is 0 Å². The molecule has 0 bridgehead atoms. The molecule has 1 aromatic carbocycles. The minimum atomic E-state index is 0.0793. The van der Waals surface area contributed by atoms with Gasteiger partial charge in [0.2, 0.25) is 0 Å². The van der Waals surface area contributed by atoms with E-state index in [2.05, 4.69) is 24.8 Å². The third-order valence-corrected chi connectivity index (χ3v) is 3.00. The number of aliphatic hydroxyl groups is 1. The summed E-state index contributed by atoms with van der Waals surface area (Å²) >= 11 is 5.98. The summed E-state index contributed by atoms with van der Waals surface area (Å²) < 4.78 is 5.31. The van der Waals surface area contributed by atoms with Crippen molar-refractivity contribution in [2.24, 2.45) is 0 Å². The molecule has 102 valence electrons. The molecule has 0 aliphatic rings. The van der Waals surface area contributed by atoms with E-state index >= 15 is 0 Å². The van der Waals surface area contributed by atoms with Gasteiger partial charge in [0.05, 0.1) is 19.8 Å². The molecule has 0 fully saturated rings. The Labute approximate surface area is 114 Å². The van der Waals surface area contributed by atoms with Crippen LogP contribution in [0, 0.1) is 0 Å². The summed E-state index contributed by atoms with van der Waals surface area (Å²) in [5.74, 6) is 0. The van der Waals surface area contributed by atoms with Crippen molar-refractivity contribution in [1.82, 2.24) is 4.90 Å². The Morgan fingerprint density at radius 1 is 1.33 bits per heavy atom. The molecule has 0 radical (unpaired) electrons. The Morgan fingerprint density at radius 3 is 2.72 bits per heavy atom. The smallest absolute Gasteiger partial charge is 0.0698 e. The molecule has 0 aliphatic carbocycles. The fourth-order valence-electron chi connectivity index (χ4n) is 1.74. The summed E-state index contributed by atoms with van der Waals surface area (Å²) in [7, 11) is 0. The maximum Gasteiger partial charge on any atom is 0.0698 e. The Bertz CT molecular complexity index is 344. The van der Waals surface area contributed by atoms with Crippen LogP contribution in [0.3, 0.4) is 0 Å². The Morgan fingerprint density at radius 2 is 2.11 bits per heavy atom. The summed E-state index contributed by atoms with van der Waals surface area (Å²) in [6.45, 7) is 7.16. The van der Waals surface area contributed by atoms with Gasteiger partial charge in [-0.25, -0.2) is 0 Å². The van der Waals surface area contributed by atoms with Gasteiger partial charge in [-0.3, -0.25) is 4.90 Å². The van der Waals surface area contributed by atoms with E-state index in [0.29, 0.717) is 19.3 Å². The number of aliphatic hydroxyl groups excluding tert-OH is 1. The zero-order valence-corrected chi connectivity index (χ0v) is 11.9. The van der Waals surface area contributed by atoms with E-state index in [9.17, 15) is 0 Å². The number of rotatable bonds is 8. The molecule has 18 heavy (non-hydrogen) atoms. The van der Waals surface area contributed by atoms with E-state index in [0.717, 1.165) is 18.1 Å². The van der Waals surface area contributed by atoms with E-state index in [1.54, 1.807) is 0 Å². The minimum absolute atomic E-state index is 0.0793. The lowest BCUT2D eigenvalue weighted by molar-refractivity contribution is 0.0647. The van der Waals surface area contributed by atoms with Gasteiger partial charge in [0.1, 0.15) is 0 Å². The van der Waals surface area contributed by atoms with Crippen LogP contribution in [-0.4, -0.2) is 42.4 Å². The van der Waals surface area contributed by atoms with E-state index in [-0.39, 0.29) is 6.61 Å². The number of halogens is 1. The first-order valence-electron chi connectivity index (χ1n) is 6.30. The summed E-state index contributed by atoms with van der Waals surface area (Å²) in [5, 5.41) is 9.42. The monoisotopic (exact) mass is 271 g/mol. The second-order valence-corrected chi connectivity index (χ2v) is 4.97. The average molecular weight is 272 g/mol. The van der Waals surface area contributed by atoms with Gasteiger partial charge in [0.25, 0.3) is 0 Å². The van der Waals surface area contributed by atoms with Crippen LogP contribution in [0.2, 0.25) is 5.02 Å².